The molecule has 3 atom stereocenters. The Bertz CT molecular complexity index is 271. The molecule has 2 saturated heterocycles. The van der Waals surface area contributed by atoms with Crippen molar-refractivity contribution in [3.8, 4) is 0 Å². The minimum atomic E-state index is 0.468. The van der Waals surface area contributed by atoms with E-state index in [-0.39, 0.29) is 0 Å². The number of fused-ring (bicyclic) bond motifs is 1. The molecular weight excluding hydrogens is 210 g/mol. The average Bonchev–Trinajstić information content (AvgIpc) is 2.72. The highest BCUT2D eigenvalue weighted by molar-refractivity contribution is 4.95. The largest absolute Gasteiger partial charge is 0.380 e. The van der Waals surface area contributed by atoms with Crippen molar-refractivity contribution in [2.24, 2.45) is 29.1 Å². The van der Waals surface area contributed by atoms with Crippen molar-refractivity contribution in [1.82, 2.24) is 4.90 Å². The van der Waals surface area contributed by atoms with Crippen molar-refractivity contribution >= 4 is 0 Å². The molecule has 3 rings (SSSR count). The van der Waals surface area contributed by atoms with Crippen LogP contribution in [0.2, 0.25) is 0 Å². The highest BCUT2D eigenvalue weighted by atomic mass is 16.5. The van der Waals surface area contributed by atoms with Gasteiger partial charge in [-0.15, -0.1) is 0 Å². The van der Waals surface area contributed by atoms with Crippen LogP contribution in [0.3, 0.4) is 0 Å². The average molecular weight is 237 g/mol. The van der Waals surface area contributed by atoms with Crippen molar-refractivity contribution in [2.75, 3.05) is 32.8 Å². The fraction of sp³-hybridized carbons (Fsp3) is 1.00. The van der Waals surface area contributed by atoms with Crippen LogP contribution in [-0.2, 0) is 4.74 Å². The standard InChI is InChI=1S/C15H27NO/c1-11(2)12-4-13-6-16(7-14(13)5-12)8-15(3)9-17-10-15/h11-14H,4-10H2,1-3H3/t12?,13-,14+. The van der Waals surface area contributed by atoms with Gasteiger partial charge in [0.05, 0.1) is 13.2 Å². The van der Waals surface area contributed by atoms with E-state index in [0.717, 1.165) is 36.9 Å². The van der Waals surface area contributed by atoms with Gasteiger partial charge in [0.1, 0.15) is 0 Å². The van der Waals surface area contributed by atoms with Gasteiger partial charge in [0, 0.05) is 25.0 Å². The fourth-order valence-electron chi connectivity index (χ4n) is 4.20. The molecule has 2 heterocycles. The zero-order valence-corrected chi connectivity index (χ0v) is 11.6. The summed E-state index contributed by atoms with van der Waals surface area (Å²) in [5.74, 6) is 3.92. The van der Waals surface area contributed by atoms with Crippen molar-refractivity contribution in [3.63, 3.8) is 0 Å². The first-order chi connectivity index (χ1) is 8.06. The number of nitrogens with zero attached hydrogens (tertiary/aromatic N) is 1. The fourth-order valence-corrected chi connectivity index (χ4v) is 4.20. The predicted octanol–water partition coefficient (Wildman–Crippen LogP) is 2.64. The lowest BCUT2D eigenvalue weighted by Crippen LogP contribution is -2.48. The van der Waals surface area contributed by atoms with Gasteiger partial charge in [0.25, 0.3) is 0 Å². The van der Waals surface area contributed by atoms with E-state index in [1.165, 1.54) is 32.5 Å². The Labute approximate surface area is 106 Å². The summed E-state index contributed by atoms with van der Waals surface area (Å²) >= 11 is 0. The van der Waals surface area contributed by atoms with E-state index >= 15 is 0 Å². The third kappa shape index (κ3) is 2.26. The summed E-state index contributed by atoms with van der Waals surface area (Å²) in [4.78, 5) is 2.72. The Kier molecular flexibility index (Phi) is 2.99. The molecule has 0 spiro atoms. The van der Waals surface area contributed by atoms with Gasteiger partial charge >= 0.3 is 0 Å². The van der Waals surface area contributed by atoms with E-state index in [2.05, 4.69) is 25.7 Å². The van der Waals surface area contributed by atoms with Gasteiger partial charge < -0.3 is 9.64 Å². The Morgan fingerprint density at radius 3 is 2.18 bits per heavy atom. The predicted molar refractivity (Wildman–Crippen MR) is 69.9 cm³/mol. The molecule has 3 aliphatic rings. The molecule has 0 aromatic rings. The molecule has 2 heteroatoms. The second-order valence-electron chi connectivity index (χ2n) is 7.49. The molecule has 0 N–H and O–H groups in total. The zero-order valence-electron chi connectivity index (χ0n) is 11.6. The van der Waals surface area contributed by atoms with Gasteiger partial charge in [-0.1, -0.05) is 20.8 Å². The smallest absolute Gasteiger partial charge is 0.0554 e. The summed E-state index contributed by atoms with van der Waals surface area (Å²) in [6.45, 7) is 13.1. The zero-order chi connectivity index (χ0) is 12.0. The summed E-state index contributed by atoms with van der Waals surface area (Å²) in [5.41, 5.74) is 0.468. The molecule has 0 amide bonds. The molecule has 1 unspecified atom stereocenters. The number of likely N-dealkylation sites (tertiary alicyclic amines) is 1. The van der Waals surface area contributed by atoms with Crippen molar-refractivity contribution < 1.29 is 4.74 Å². The molecule has 17 heavy (non-hydrogen) atoms. The highest BCUT2D eigenvalue weighted by Gasteiger charge is 2.44. The van der Waals surface area contributed by atoms with Crippen LogP contribution in [0.5, 0.6) is 0 Å². The van der Waals surface area contributed by atoms with Gasteiger partial charge in [-0.05, 0) is 36.5 Å². The third-order valence-corrected chi connectivity index (χ3v) is 5.31. The first-order valence-corrected chi connectivity index (χ1v) is 7.36. The maximum atomic E-state index is 5.36. The Hall–Kier alpha value is -0.0800. The summed E-state index contributed by atoms with van der Waals surface area (Å²) in [6.07, 6.45) is 2.98. The van der Waals surface area contributed by atoms with Crippen LogP contribution in [0, 0.1) is 29.1 Å². The van der Waals surface area contributed by atoms with Crippen molar-refractivity contribution in [1.29, 1.82) is 0 Å². The van der Waals surface area contributed by atoms with Gasteiger partial charge in [0.15, 0.2) is 0 Å². The van der Waals surface area contributed by atoms with E-state index in [4.69, 9.17) is 4.74 Å². The van der Waals surface area contributed by atoms with Crippen LogP contribution in [0.25, 0.3) is 0 Å². The summed E-state index contributed by atoms with van der Waals surface area (Å²) in [6, 6.07) is 0. The Morgan fingerprint density at radius 1 is 1.18 bits per heavy atom. The topological polar surface area (TPSA) is 12.5 Å². The lowest BCUT2D eigenvalue weighted by molar-refractivity contribution is -0.113. The second-order valence-corrected chi connectivity index (χ2v) is 7.49. The molecule has 0 bridgehead atoms. The highest BCUT2D eigenvalue weighted by Crippen LogP contribution is 2.45. The summed E-state index contributed by atoms with van der Waals surface area (Å²) in [5, 5.41) is 0. The number of hydrogen-bond acceptors (Lipinski definition) is 2. The minimum Gasteiger partial charge on any atom is -0.380 e. The number of hydrogen-bond donors (Lipinski definition) is 0. The Morgan fingerprint density at radius 2 is 1.76 bits per heavy atom. The lowest BCUT2D eigenvalue weighted by atomic mass is 9.88. The molecule has 1 aliphatic carbocycles. The van der Waals surface area contributed by atoms with Gasteiger partial charge in [-0.3, -0.25) is 0 Å². The molecule has 0 aromatic heterocycles. The van der Waals surface area contributed by atoms with E-state index in [9.17, 15) is 0 Å². The van der Waals surface area contributed by atoms with Crippen LogP contribution in [0.15, 0.2) is 0 Å². The molecule has 2 nitrogen and oxygen atoms in total. The van der Waals surface area contributed by atoms with Gasteiger partial charge in [0.2, 0.25) is 0 Å². The number of rotatable bonds is 3. The monoisotopic (exact) mass is 237 g/mol. The number of ether oxygens (including phenoxy) is 1. The maximum Gasteiger partial charge on any atom is 0.0554 e. The first-order valence-electron chi connectivity index (χ1n) is 7.36. The van der Waals surface area contributed by atoms with Crippen molar-refractivity contribution in [3.05, 3.63) is 0 Å². The van der Waals surface area contributed by atoms with E-state index in [1.807, 2.05) is 0 Å². The normalized spacial score (nSPS) is 40.6. The Balaban J connectivity index is 1.52. The lowest BCUT2D eigenvalue weighted by Gasteiger charge is -2.41. The van der Waals surface area contributed by atoms with Crippen LogP contribution in [-0.4, -0.2) is 37.7 Å². The quantitative estimate of drug-likeness (QED) is 0.748. The molecule has 3 fully saturated rings. The molecule has 2 aliphatic heterocycles. The first kappa shape index (κ1) is 12.0. The third-order valence-electron chi connectivity index (χ3n) is 5.31. The molecule has 98 valence electrons. The van der Waals surface area contributed by atoms with E-state index < -0.39 is 0 Å². The van der Waals surface area contributed by atoms with E-state index in [0.29, 0.717) is 5.41 Å². The van der Waals surface area contributed by atoms with E-state index in [1.54, 1.807) is 0 Å². The van der Waals surface area contributed by atoms with Gasteiger partial charge in [-0.25, -0.2) is 0 Å². The molecule has 0 radical (unpaired) electrons. The van der Waals surface area contributed by atoms with Crippen LogP contribution in [0.1, 0.15) is 33.6 Å². The summed E-state index contributed by atoms with van der Waals surface area (Å²) in [7, 11) is 0. The van der Waals surface area contributed by atoms with Crippen LogP contribution in [0.4, 0.5) is 0 Å². The minimum absolute atomic E-state index is 0.468. The van der Waals surface area contributed by atoms with Crippen molar-refractivity contribution in [2.45, 2.75) is 33.6 Å². The second kappa shape index (κ2) is 4.24. The molecule has 1 saturated carbocycles. The van der Waals surface area contributed by atoms with Gasteiger partial charge in [-0.2, -0.15) is 0 Å². The summed E-state index contributed by atoms with van der Waals surface area (Å²) < 4.78 is 5.36. The SMILES string of the molecule is CC(C)C1C[C@@H]2CN(CC3(C)COC3)C[C@@H]2C1. The van der Waals surface area contributed by atoms with Crippen LogP contribution >= 0.6 is 0 Å². The molecular formula is C15H27NO. The maximum absolute atomic E-state index is 5.36. The molecule has 0 aromatic carbocycles. The van der Waals surface area contributed by atoms with Crippen LogP contribution < -0.4 is 0 Å².